The van der Waals surface area contributed by atoms with Crippen LogP contribution in [0, 0.1) is 13.8 Å². The number of ether oxygens (including phenoxy) is 2. The Bertz CT molecular complexity index is 878. The van der Waals surface area contributed by atoms with E-state index in [0.29, 0.717) is 30.3 Å². The number of aromatic nitrogens is 2. The summed E-state index contributed by atoms with van der Waals surface area (Å²) in [4.78, 5) is 2.24. The number of aryl methyl sites for hydroxylation is 2. The lowest BCUT2D eigenvalue weighted by Gasteiger charge is -2.27. The van der Waals surface area contributed by atoms with Gasteiger partial charge in [-0.1, -0.05) is 0 Å². The van der Waals surface area contributed by atoms with Gasteiger partial charge in [0.05, 0.1) is 25.2 Å². The van der Waals surface area contributed by atoms with E-state index in [1.54, 1.807) is 45.2 Å². The van der Waals surface area contributed by atoms with Crippen molar-refractivity contribution >= 4 is 21.7 Å². The Morgan fingerprint density at radius 3 is 2.46 bits per heavy atom. The van der Waals surface area contributed by atoms with Crippen LogP contribution in [0.4, 0.5) is 11.6 Å². The third kappa shape index (κ3) is 3.88. The first-order chi connectivity index (χ1) is 12.4. The van der Waals surface area contributed by atoms with Crippen LogP contribution in [0.1, 0.15) is 11.1 Å². The van der Waals surface area contributed by atoms with Crippen molar-refractivity contribution in [2.75, 3.05) is 43.0 Å². The van der Waals surface area contributed by atoms with Gasteiger partial charge in [0.25, 0.3) is 10.0 Å². The largest absolute Gasteiger partial charge is 0.496 e. The molecule has 2 aromatic rings. The highest BCUT2D eigenvalue weighted by molar-refractivity contribution is 7.92. The second-order valence-electron chi connectivity index (χ2n) is 6.07. The second-order valence-corrected chi connectivity index (χ2v) is 7.72. The number of benzene rings is 1. The van der Waals surface area contributed by atoms with Gasteiger partial charge in [-0.3, -0.25) is 4.72 Å². The zero-order valence-corrected chi connectivity index (χ0v) is 15.8. The summed E-state index contributed by atoms with van der Waals surface area (Å²) < 4.78 is 38.5. The van der Waals surface area contributed by atoms with Crippen LogP contribution in [0.3, 0.4) is 0 Å². The van der Waals surface area contributed by atoms with E-state index in [0.717, 1.165) is 18.7 Å². The standard InChI is InChI=1S/C17H22N4O4S/c1-12-11-15(13(2)10-14(12)24-3)26(22,23)20-16-4-5-17(19-18-16)21-6-8-25-9-7-21/h4-5,10-11H,6-9H2,1-3H3,(H,18,20). The van der Waals surface area contributed by atoms with Gasteiger partial charge in [0, 0.05) is 13.1 Å². The van der Waals surface area contributed by atoms with Crippen LogP contribution in [0.2, 0.25) is 0 Å². The summed E-state index contributed by atoms with van der Waals surface area (Å²) in [5.41, 5.74) is 1.34. The minimum atomic E-state index is -3.77. The van der Waals surface area contributed by atoms with Crippen molar-refractivity contribution in [3.8, 4) is 5.75 Å². The average molecular weight is 378 g/mol. The molecule has 0 unspecified atom stereocenters. The van der Waals surface area contributed by atoms with Gasteiger partial charge in [-0.25, -0.2) is 8.42 Å². The van der Waals surface area contributed by atoms with E-state index in [9.17, 15) is 8.42 Å². The molecule has 0 amide bonds. The number of anilines is 2. The highest BCUT2D eigenvalue weighted by Gasteiger charge is 2.20. The molecule has 0 atom stereocenters. The number of rotatable bonds is 5. The first-order valence-corrected chi connectivity index (χ1v) is 9.73. The SMILES string of the molecule is COc1cc(C)c(S(=O)(=O)Nc2ccc(N3CCOCC3)nn2)cc1C. The molecule has 0 saturated carbocycles. The smallest absolute Gasteiger partial charge is 0.263 e. The Labute approximate surface area is 153 Å². The van der Waals surface area contributed by atoms with Gasteiger partial charge in [-0.05, 0) is 49.2 Å². The topological polar surface area (TPSA) is 93.7 Å². The van der Waals surface area contributed by atoms with Gasteiger partial charge < -0.3 is 14.4 Å². The maximum Gasteiger partial charge on any atom is 0.263 e. The zero-order chi connectivity index (χ0) is 18.7. The molecular weight excluding hydrogens is 356 g/mol. The molecule has 1 saturated heterocycles. The first-order valence-electron chi connectivity index (χ1n) is 8.25. The molecule has 0 bridgehead atoms. The highest BCUT2D eigenvalue weighted by atomic mass is 32.2. The van der Waals surface area contributed by atoms with Crippen LogP contribution in [0.15, 0.2) is 29.2 Å². The molecule has 2 heterocycles. The molecule has 1 aromatic carbocycles. The van der Waals surface area contributed by atoms with Crippen molar-refractivity contribution in [3.63, 3.8) is 0 Å². The molecule has 26 heavy (non-hydrogen) atoms. The molecule has 1 aliphatic rings. The molecule has 8 nitrogen and oxygen atoms in total. The Morgan fingerprint density at radius 1 is 1.12 bits per heavy atom. The molecule has 9 heteroatoms. The lowest BCUT2D eigenvalue weighted by atomic mass is 10.1. The van der Waals surface area contributed by atoms with Crippen LogP contribution >= 0.6 is 0 Å². The Balaban J connectivity index is 1.80. The van der Waals surface area contributed by atoms with E-state index >= 15 is 0 Å². The summed E-state index contributed by atoms with van der Waals surface area (Å²) in [6.45, 7) is 6.30. The van der Waals surface area contributed by atoms with E-state index in [4.69, 9.17) is 9.47 Å². The maximum atomic E-state index is 12.7. The van der Waals surface area contributed by atoms with Crippen molar-refractivity contribution in [2.45, 2.75) is 18.7 Å². The summed E-state index contributed by atoms with van der Waals surface area (Å²) in [5, 5.41) is 8.12. The third-order valence-corrected chi connectivity index (χ3v) is 5.70. The number of nitrogens with zero attached hydrogens (tertiary/aromatic N) is 3. The van der Waals surface area contributed by atoms with Gasteiger partial charge in [0.15, 0.2) is 11.6 Å². The maximum absolute atomic E-state index is 12.7. The van der Waals surface area contributed by atoms with Crippen LogP contribution in [-0.4, -0.2) is 52.0 Å². The quantitative estimate of drug-likeness (QED) is 0.847. The van der Waals surface area contributed by atoms with Gasteiger partial charge in [-0.15, -0.1) is 10.2 Å². The lowest BCUT2D eigenvalue weighted by Crippen LogP contribution is -2.36. The van der Waals surface area contributed by atoms with Crippen molar-refractivity contribution < 1.29 is 17.9 Å². The summed E-state index contributed by atoms with van der Waals surface area (Å²) in [6, 6.07) is 6.66. The summed E-state index contributed by atoms with van der Waals surface area (Å²) >= 11 is 0. The summed E-state index contributed by atoms with van der Waals surface area (Å²) in [7, 11) is -2.22. The predicted octanol–water partition coefficient (Wildman–Crippen LogP) is 1.74. The Kier molecular flexibility index (Phi) is 5.28. The fourth-order valence-corrected chi connectivity index (χ4v) is 4.11. The van der Waals surface area contributed by atoms with Crippen LogP contribution < -0.4 is 14.4 Å². The number of methoxy groups -OCH3 is 1. The number of hydrogen-bond donors (Lipinski definition) is 1. The number of hydrogen-bond acceptors (Lipinski definition) is 7. The lowest BCUT2D eigenvalue weighted by molar-refractivity contribution is 0.122. The molecule has 140 valence electrons. The van der Waals surface area contributed by atoms with Gasteiger partial charge in [0.1, 0.15) is 5.75 Å². The molecule has 1 aromatic heterocycles. The molecule has 0 radical (unpaired) electrons. The fraction of sp³-hybridized carbons (Fsp3) is 0.412. The highest BCUT2D eigenvalue weighted by Crippen LogP contribution is 2.26. The van der Waals surface area contributed by atoms with Crippen LogP contribution in [0.25, 0.3) is 0 Å². The van der Waals surface area contributed by atoms with E-state index in [1.807, 2.05) is 4.90 Å². The Morgan fingerprint density at radius 2 is 1.85 bits per heavy atom. The molecule has 1 fully saturated rings. The number of sulfonamides is 1. The molecule has 3 rings (SSSR count). The second kappa shape index (κ2) is 7.46. The predicted molar refractivity (Wildman–Crippen MR) is 98.3 cm³/mol. The molecule has 1 aliphatic heterocycles. The monoisotopic (exact) mass is 378 g/mol. The molecule has 1 N–H and O–H groups in total. The van der Waals surface area contributed by atoms with E-state index in [2.05, 4.69) is 14.9 Å². The van der Waals surface area contributed by atoms with Crippen molar-refractivity contribution in [1.82, 2.24) is 10.2 Å². The fourth-order valence-electron chi connectivity index (χ4n) is 2.81. The first kappa shape index (κ1) is 18.4. The third-order valence-electron chi connectivity index (χ3n) is 4.21. The van der Waals surface area contributed by atoms with Gasteiger partial charge >= 0.3 is 0 Å². The minimum Gasteiger partial charge on any atom is -0.496 e. The summed E-state index contributed by atoms with van der Waals surface area (Å²) in [6.07, 6.45) is 0. The number of morpholine rings is 1. The normalized spacial score (nSPS) is 15.0. The summed E-state index contributed by atoms with van der Waals surface area (Å²) in [5.74, 6) is 1.53. The molecule has 0 aliphatic carbocycles. The van der Waals surface area contributed by atoms with Crippen molar-refractivity contribution in [1.29, 1.82) is 0 Å². The zero-order valence-electron chi connectivity index (χ0n) is 15.0. The van der Waals surface area contributed by atoms with Gasteiger partial charge in [0.2, 0.25) is 0 Å². The van der Waals surface area contributed by atoms with Crippen LogP contribution in [-0.2, 0) is 14.8 Å². The van der Waals surface area contributed by atoms with E-state index in [-0.39, 0.29) is 10.7 Å². The van der Waals surface area contributed by atoms with Crippen molar-refractivity contribution in [3.05, 3.63) is 35.4 Å². The number of nitrogens with one attached hydrogen (secondary N) is 1. The van der Waals surface area contributed by atoms with Crippen LogP contribution in [0.5, 0.6) is 5.75 Å². The van der Waals surface area contributed by atoms with Crippen molar-refractivity contribution in [2.24, 2.45) is 0 Å². The van der Waals surface area contributed by atoms with E-state index < -0.39 is 10.0 Å². The van der Waals surface area contributed by atoms with Gasteiger partial charge in [-0.2, -0.15) is 0 Å². The Hall–Kier alpha value is -2.39. The molecular formula is C17H22N4O4S. The van der Waals surface area contributed by atoms with E-state index in [1.165, 1.54) is 0 Å². The molecule has 0 spiro atoms. The minimum absolute atomic E-state index is 0.176. The average Bonchev–Trinajstić information content (AvgIpc) is 2.64.